The molecule has 2 N–H and O–H groups in total. The van der Waals surface area contributed by atoms with Crippen molar-refractivity contribution in [2.75, 3.05) is 27.2 Å². The predicted octanol–water partition coefficient (Wildman–Crippen LogP) is 1.45. The van der Waals surface area contributed by atoms with Gasteiger partial charge in [-0.05, 0) is 38.5 Å². The van der Waals surface area contributed by atoms with Crippen LogP contribution in [0.25, 0.3) is 0 Å². The van der Waals surface area contributed by atoms with Gasteiger partial charge in [-0.25, -0.2) is 0 Å². The van der Waals surface area contributed by atoms with Crippen molar-refractivity contribution in [1.82, 2.24) is 15.5 Å². The van der Waals surface area contributed by atoms with Gasteiger partial charge in [-0.1, -0.05) is 13.8 Å². The first-order valence-electron chi connectivity index (χ1n) is 7.28. The third-order valence-electron chi connectivity index (χ3n) is 3.69. The smallest absolute Gasteiger partial charge is 0.240 e. The van der Waals surface area contributed by atoms with Gasteiger partial charge < -0.3 is 15.5 Å². The van der Waals surface area contributed by atoms with Crippen LogP contribution in [0.2, 0.25) is 0 Å². The molecule has 0 aromatic carbocycles. The van der Waals surface area contributed by atoms with Crippen LogP contribution in [0.4, 0.5) is 0 Å². The SMILES string of the molecule is CN=C(NCC1CC1(C)C)N(C)CC(=O)NC(C)(C)C. The van der Waals surface area contributed by atoms with E-state index in [2.05, 4.69) is 29.5 Å². The summed E-state index contributed by atoms with van der Waals surface area (Å²) in [7, 11) is 3.63. The Morgan fingerprint density at radius 3 is 2.35 bits per heavy atom. The van der Waals surface area contributed by atoms with Gasteiger partial charge in [0.1, 0.15) is 0 Å². The fourth-order valence-corrected chi connectivity index (χ4v) is 2.27. The van der Waals surface area contributed by atoms with Crippen LogP contribution >= 0.6 is 0 Å². The fourth-order valence-electron chi connectivity index (χ4n) is 2.27. The zero-order valence-electron chi connectivity index (χ0n) is 14.0. The molecule has 1 rings (SSSR count). The lowest BCUT2D eigenvalue weighted by Gasteiger charge is -2.25. The van der Waals surface area contributed by atoms with Crippen molar-refractivity contribution >= 4 is 11.9 Å². The Morgan fingerprint density at radius 1 is 1.40 bits per heavy atom. The van der Waals surface area contributed by atoms with Crippen LogP contribution in [-0.2, 0) is 4.79 Å². The summed E-state index contributed by atoms with van der Waals surface area (Å²) >= 11 is 0. The van der Waals surface area contributed by atoms with E-state index in [1.54, 1.807) is 7.05 Å². The zero-order chi connectivity index (χ0) is 15.6. The molecule has 20 heavy (non-hydrogen) atoms. The van der Waals surface area contributed by atoms with Gasteiger partial charge in [0, 0.05) is 26.2 Å². The molecule has 0 aromatic rings. The van der Waals surface area contributed by atoms with Gasteiger partial charge in [0.15, 0.2) is 5.96 Å². The summed E-state index contributed by atoms with van der Waals surface area (Å²) < 4.78 is 0. The molecule has 0 heterocycles. The molecule has 0 saturated heterocycles. The Hall–Kier alpha value is -1.26. The number of likely N-dealkylation sites (N-methyl/N-ethyl adjacent to an activating group) is 1. The summed E-state index contributed by atoms with van der Waals surface area (Å²) in [5.41, 5.74) is 0.251. The number of rotatable bonds is 4. The normalized spacial score (nSPS) is 21.4. The van der Waals surface area contributed by atoms with Gasteiger partial charge in [0.25, 0.3) is 0 Å². The second-order valence-electron chi connectivity index (χ2n) is 7.47. The number of carbonyl (C=O) groups is 1. The Bertz CT molecular complexity index is 382. The number of guanidine groups is 1. The average molecular weight is 282 g/mol. The molecule has 0 aliphatic heterocycles. The van der Waals surface area contributed by atoms with Crippen LogP contribution in [0.1, 0.15) is 41.0 Å². The van der Waals surface area contributed by atoms with Crippen LogP contribution in [-0.4, -0.2) is 49.5 Å². The Labute approximate surface area is 123 Å². The van der Waals surface area contributed by atoms with Gasteiger partial charge in [-0.15, -0.1) is 0 Å². The lowest BCUT2D eigenvalue weighted by Crippen LogP contribution is -2.49. The molecule has 0 bridgehead atoms. The number of hydrogen-bond donors (Lipinski definition) is 2. The van der Waals surface area contributed by atoms with Crippen molar-refractivity contribution in [3.63, 3.8) is 0 Å². The van der Waals surface area contributed by atoms with Crippen molar-refractivity contribution < 1.29 is 4.79 Å². The highest BCUT2D eigenvalue weighted by Gasteiger charge is 2.45. The first-order valence-corrected chi connectivity index (χ1v) is 7.28. The third kappa shape index (κ3) is 5.39. The highest BCUT2D eigenvalue weighted by Crippen LogP contribution is 2.50. The quantitative estimate of drug-likeness (QED) is 0.606. The largest absolute Gasteiger partial charge is 0.356 e. The summed E-state index contributed by atoms with van der Waals surface area (Å²) in [5, 5.41) is 6.31. The molecule has 1 fully saturated rings. The summed E-state index contributed by atoms with van der Waals surface area (Å²) in [6.07, 6.45) is 1.26. The fraction of sp³-hybridized carbons (Fsp3) is 0.867. The summed E-state index contributed by atoms with van der Waals surface area (Å²) in [4.78, 5) is 18.0. The van der Waals surface area contributed by atoms with Crippen molar-refractivity contribution in [3.05, 3.63) is 0 Å². The zero-order valence-corrected chi connectivity index (χ0v) is 14.0. The molecule has 5 nitrogen and oxygen atoms in total. The molecule has 0 aromatic heterocycles. The van der Waals surface area contributed by atoms with Crippen molar-refractivity contribution in [1.29, 1.82) is 0 Å². The third-order valence-corrected chi connectivity index (χ3v) is 3.69. The maximum atomic E-state index is 11.9. The van der Waals surface area contributed by atoms with Gasteiger partial charge in [-0.2, -0.15) is 0 Å². The summed E-state index contributed by atoms with van der Waals surface area (Å²) in [6.45, 7) is 11.7. The molecular weight excluding hydrogens is 252 g/mol. The summed E-state index contributed by atoms with van der Waals surface area (Å²) in [5.74, 6) is 1.49. The first-order chi connectivity index (χ1) is 9.05. The Morgan fingerprint density at radius 2 is 1.95 bits per heavy atom. The molecule has 0 spiro atoms. The van der Waals surface area contributed by atoms with E-state index < -0.39 is 0 Å². The van der Waals surface area contributed by atoms with E-state index in [9.17, 15) is 4.79 Å². The van der Waals surface area contributed by atoms with Gasteiger partial charge >= 0.3 is 0 Å². The van der Waals surface area contributed by atoms with Gasteiger partial charge in [0.2, 0.25) is 5.91 Å². The van der Waals surface area contributed by atoms with Gasteiger partial charge in [0.05, 0.1) is 6.54 Å². The number of nitrogens with one attached hydrogen (secondary N) is 2. The van der Waals surface area contributed by atoms with E-state index in [1.165, 1.54) is 6.42 Å². The minimum Gasteiger partial charge on any atom is -0.356 e. The molecule has 1 saturated carbocycles. The maximum Gasteiger partial charge on any atom is 0.240 e. The number of aliphatic imine (C=N–C) groups is 1. The predicted molar refractivity (Wildman–Crippen MR) is 83.8 cm³/mol. The minimum atomic E-state index is -0.201. The highest BCUT2D eigenvalue weighted by atomic mass is 16.2. The standard InChI is InChI=1S/C15H30N4O/c1-14(2,3)18-12(20)10-19(7)13(16-6)17-9-11-8-15(11,4)5/h11H,8-10H2,1-7H3,(H,16,17)(H,18,20). The minimum absolute atomic E-state index is 0.00898. The van der Waals surface area contributed by atoms with E-state index >= 15 is 0 Å². The van der Waals surface area contributed by atoms with Gasteiger partial charge in [-0.3, -0.25) is 9.79 Å². The molecule has 116 valence electrons. The van der Waals surface area contributed by atoms with E-state index in [-0.39, 0.29) is 11.4 Å². The number of hydrogen-bond acceptors (Lipinski definition) is 2. The van der Waals surface area contributed by atoms with E-state index in [0.717, 1.165) is 12.5 Å². The lowest BCUT2D eigenvalue weighted by atomic mass is 10.1. The second-order valence-corrected chi connectivity index (χ2v) is 7.47. The van der Waals surface area contributed by atoms with Crippen molar-refractivity contribution in [3.8, 4) is 0 Å². The molecule has 1 unspecified atom stereocenters. The first kappa shape index (κ1) is 16.8. The number of nitrogens with zero attached hydrogens (tertiary/aromatic N) is 2. The monoisotopic (exact) mass is 282 g/mol. The van der Waals surface area contributed by atoms with Crippen molar-refractivity contribution in [2.24, 2.45) is 16.3 Å². The molecule has 5 heteroatoms. The summed E-state index contributed by atoms with van der Waals surface area (Å²) in [6, 6.07) is 0. The van der Waals surface area contributed by atoms with Crippen LogP contribution in [0.5, 0.6) is 0 Å². The van der Waals surface area contributed by atoms with Crippen LogP contribution in [0.15, 0.2) is 4.99 Å². The molecule has 0 radical (unpaired) electrons. The molecule has 1 aliphatic rings. The Kier molecular flexibility index (Phi) is 5.05. The van der Waals surface area contributed by atoms with E-state index in [0.29, 0.717) is 17.9 Å². The second kappa shape index (κ2) is 6.02. The van der Waals surface area contributed by atoms with Crippen molar-refractivity contribution in [2.45, 2.75) is 46.6 Å². The highest BCUT2D eigenvalue weighted by molar-refractivity contribution is 5.86. The lowest BCUT2D eigenvalue weighted by molar-refractivity contribution is -0.122. The van der Waals surface area contributed by atoms with Crippen LogP contribution in [0, 0.1) is 11.3 Å². The average Bonchev–Trinajstić information content (AvgIpc) is 2.84. The maximum absolute atomic E-state index is 11.9. The van der Waals surface area contributed by atoms with Crippen LogP contribution < -0.4 is 10.6 Å². The molecule has 1 aliphatic carbocycles. The van der Waals surface area contributed by atoms with E-state index in [4.69, 9.17) is 0 Å². The van der Waals surface area contributed by atoms with Crippen LogP contribution in [0.3, 0.4) is 0 Å². The Balaban J connectivity index is 2.39. The molecule has 1 atom stereocenters. The van der Waals surface area contributed by atoms with E-state index in [1.807, 2.05) is 32.7 Å². The number of amides is 1. The number of carbonyl (C=O) groups excluding carboxylic acids is 1. The molecule has 1 amide bonds. The molecular formula is C15H30N4O. The topological polar surface area (TPSA) is 56.7 Å².